The standard InChI is InChI=1S/C8H7F3INO2S/c1-13-7-3-2-5(4-6(7)12)16(14,15)8(9,10)11/h2-4,13H,1H3. The van der Waals surface area contributed by atoms with Crippen LogP contribution in [0.1, 0.15) is 0 Å². The van der Waals surface area contributed by atoms with Gasteiger partial charge in [0, 0.05) is 16.3 Å². The third-order valence-corrected chi connectivity index (χ3v) is 4.20. The van der Waals surface area contributed by atoms with E-state index >= 15 is 0 Å². The average molecular weight is 365 g/mol. The second-order valence-electron chi connectivity index (χ2n) is 2.84. The summed E-state index contributed by atoms with van der Waals surface area (Å²) in [6, 6.07) is 3.20. The molecule has 0 atom stereocenters. The van der Waals surface area contributed by atoms with Crippen molar-refractivity contribution in [2.45, 2.75) is 10.4 Å². The highest BCUT2D eigenvalue weighted by Crippen LogP contribution is 2.32. The van der Waals surface area contributed by atoms with Gasteiger partial charge in [-0.1, -0.05) is 0 Å². The lowest BCUT2D eigenvalue weighted by atomic mass is 10.3. The van der Waals surface area contributed by atoms with Crippen LogP contribution in [0.2, 0.25) is 0 Å². The van der Waals surface area contributed by atoms with Gasteiger partial charge in [-0.25, -0.2) is 8.42 Å². The molecule has 16 heavy (non-hydrogen) atoms. The summed E-state index contributed by atoms with van der Waals surface area (Å²) < 4.78 is 59.2. The zero-order valence-corrected chi connectivity index (χ0v) is 10.9. The van der Waals surface area contributed by atoms with Gasteiger partial charge in [-0.2, -0.15) is 13.2 Å². The maximum atomic E-state index is 12.2. The fourth-order valence-corrected chi connectivity index (χ4v) is 2.78. The van der Waals surface area contributed by atoms with E-state index in [2.05, 4.69) is 5.32 Å². The molecule has 0 radical (unpaired) electrons. The number of sulfone groups is 1. The van der Waals surface area contributed by atoms with E-state index in [1.165, 1.54) is 6.07 Å². The van der Waals surface area contributed by atoms with E-state index in [1.54, 1.807) is 29.6 Å². The molecule has 0 amide bonds. The van der Waals surface area contributed by atoms with Crippen LogP contribution in [0, 0.1) is 3.57 Å². The maximum absolute atomic E-state index is 12.2. The predicted molar refractivity (Wildman–Crippen MR) is 61.9 cm³/mol. The Bertz CT molecular complexity index is 498. The number of anilines is 1. The Morgan fingerprint density at radius 3 is 2.25 bits per heavy atom. The van der Waals surface area contributed by atoms with Crippen molar-refractivity contribution < 1.29 is 21.6 Å². The van der Waals surface area contributed by atoms with Gasteiger partial charge in [0.25, 0.3) is 9.84 Å². The van der Waals surface area contributed by atoms with Crippen molar-refractivity contribution >= 4 is 38.1 Å². The molecule has 0 aliphatic rings. The predicted octanol–water partition coefficient (Wildman–Crippen LogP) is 2.63. The molecule has 0 saturated carbocycles. The first-order valence-corrected chi connectivity index (χ1v) is 6.55. The van der Waals surface area contributed by atoms with Crippen LogP contribution >= 0.6 is 22.6 Å². The molecule has 0 spiro atoms. The van der Waals surface area contributed by atoms with Gasteiger partial charge in [0.1, 0.15) is 0 Å². The molecule has 90 valence electrons. The molecule has 1 aromatic carbocycles. The second-order valence-corrected chi connectivity index (χ2v) is 5.94. The van der Waals surface area contributed by atoms with Crippen LogP contribution in [0.5, 0.6) is 0 Å². The van der Waals surface area contributed by atoms with Crippen molar-refractivity contribution in [3.63, 3.8) is 0 Å². The summed E-state index contributed by atoms with van der Waals surface area (Å²) in [4.78, 5) is -0.747. The normalized spacial score (nSPS) is 12.6. The van der Waals surface area contributed by atoms with Crippen LogP contribution in [0.15, 0.2) is 23.1 Å². The molecule has 0 saturated heterocycles. The average Bonchev–Trinajstić information content (AvgIpc) is 2.15. The Hall–Kier alpha value is -0.510. The number of rotatable bonds is 2. The molecule has 8 heteroatoms. The van der Waals surface area contributed by atoms with Crippen molar-refractivity contribution in [3.05, 3.63) is 21.8 Å². The molecule has 0 heterocycles. The number of benzene rings is 1. The topological polar surface area (TPSA) is 46.2 Å². The molecule has 1 N–H and O–H groups in total. The summed E-state index contributed by atoms with van der Waals surface area (Å²) in [5.74, 6) is 0. The zero-order valence-electron chi connectivity index (χ0n) is 7.97. The summed E-state index contributed by atoms with van der Waals surface area (Å²) >= 11 is 1.76. The van der Waals surface area contributed by atoms with Crippen LogP contribution < -0.4 is 5.32 Å². The molecule has 0 aliphatic heterocycles. The van der Waals surface area contributed by atoms with E-state index in [1.807, 2.05) is 0 Å². The monoisotopic (exact) mass is 365 g/mol. The lowest BCUT2D eigenvalue weighted by molar-refractivity contribution is -0.0436. The lowest BCUT2D eigenvalue weighted by Crippen LogP contribution is -2.23. The van der Waals surface area contributed by atoms with Crippen LogP contribution in [-0.2, 0) is 9.84 Å². The van der Waals surface area contributed by atoms with Crippen LogP contribution in [0.4, 0.5) is 18.9 Å². The van der Waals surface area contributed by atoms with Crippen LogP contribution in [0.3, 0.4) is 0 Å². The Morgan fingerprint density at radius 1 is 1.31 bits per heavy atom. The number of nitrogens with one attached hydrogen (secondary N) is 1. The first-order chi connectivity index (χ1) is 7.20. The Morgan fingerprint density at radius 2 is 1.88 bits per heavy atom. The van der Waals surface area contributed by atoms with Crippen LogP contribution in [-0.4, -0.2) is 21.0 Å². The second kappa shape index (κ2) is 4.40. The highest BCUT2D eigenvalue weighted by atomic mass is 127. The van der Waals surface area contributed by atoms with Gasteiger partial charge in [-0.3, -0.25) is 0 Å². The molecule has 1 aromatic rings. The first kappa shape index (κ1) is 13.6. The minimum absolute atomic E-state index is 0.408. The van der Waals surface area contributed by atoms with Crippen molar-refractivity contribution in [2.24, 2.45) is 0 Å². The van der Waals surface area contributed by atoms with Crippen molar-refractivity contribution in [3.8, 4) is 0 Å². The SMILES string of the molecule is CNc1ccc(S(=O)(=O)C(F)(F)F)cc1I. The fraction of sp³-hybridized carbons (Fsp3) is 0.250. The van der Waals surface area contributed by atoms with E-state index in [9.17, 15) is 21.6 Å². The van der Waals surface area contributed by atoms with E-state index in [-0.39, 0.29) is 0 Å². The summed E-state index contributed by atoms with van der Waals surface area (Å²) in [5.41, 5.74) is -4.70. The Labute approximate surface area is 104 Å². The van der Waals surface area contributed by atoms with Crippen LogP contribution in [0.25, 0.3) is 0 Å². The lowest BCUT2D eigenvalue weighted by Gasteiger charge is -2.10. The number of halogens is 4. The van der Waals surface area contributed by atoms with Gasteiger partial charge in [-0.15, -0.1) is 0 Å². The minimum atomic E-state index is -5.27. The molecule has 0 bridgehead atoms. The van der Waals surface area contributed by atoms with Crippen molar-refractivity contribution in [1.29, 1.82) is 0 Å². The summed E-state index contributed by atoms with van der Waals surface area (Å²) in [6.45, 7) is 0. The Balaban J connectivity index is 3.32. The van der Waals surface area contributed by atoms with Gasteiger partial charge in [-0.05, 0) is 40.8 Å². The van der Waals surface area contributed by atoms with Gasteiger partial charge < -0.3 is 5.32 Å². The molecular formula is C8H7F3INO2S. The molecule has 0 aromatic heterocycles. The maximum Gasteiger partial charge on any atom is 0.501 e. The molecule has 0 fully saturated rings. The van der Waals surface area contributed by atoms with E-state index in [0.29, 0.717) is 9.26 Å². The third-order valence-electron chi connectivity index (χ3n) is 1.82. The summed E-state index contributed by atoms with van der Waals surface area (Å²) in [7, 11) is -3.66. The van der Waals surface area contributed by atoms with Crippen molar-refractivity contribution in [1.82, 2.24) is 0 Å². The van der Waals surface area contributed by atoms with Gasteiger partial charge in [0.15, 0.2) is 0 Å². The smallest absolute Gasteiger partial charge is 0.387 e. The van der Waals surface area contributed by atoms with Gasteiger partial charge in [0.05, 0.1) is 4.90 Å². The van der Waals surface area contributed by atoms with Crippen molar-refractivity contribution in [2.75, 3.05) is 12.4 Å². The summed E-state index contributed by atoms with van der Waals surface area (Å²) in [5, 5.41) is 2.73. The molecule has 0 aliphatic carbocycles. The quantitative estimate of drug-likeness (QED) is 0.820. The summed E-state index contributed by atoms with van der Waals surface area (Å²) in [6.07, 6.45) is 0. The number of alkyl halides is 3. The molecule has 1 rings (SSSR count). The largest absolute Gasteiger partial charge is 0.501 e. The third kappa shape index (κ3) is 2.42. The van der Waals surface area contributed by atoms with Gasteiger partial charge in [0.2, 0.25) is 0 Å². The van der Waals surface area contributed by atoms with Gasteiger partial charge >= 0.3 is 5.51 Å². The fourth-order valence-electron chi connectivity index (χ4n) is 0.999. The molecular weight excluding hydrogens is 358 g/mol. The zero-order chi connectivity index (χ0) is 12.6. The van der Waals surface area contributed by atoms with E-state index < -0.39 is 20.2 Å². The number of hydrogen-bond acceptors (Lipinski definition) is 3. The van der Waals surface area contributed by atoms with E-state index in [0.717, 1.165) is 12.1 Å². The first-order valence-electron chi connectivity index (χ1n) is 3.99. The molecule has 0 unspecified atom stereocenters. The highest BCUT2D eigenvalue weighted by molar-refractivity contribution is 14.1. The Kier molecular flexibility index (Phi) is 3.72. The van der Waals surface area contributed by atoms with E-state index in [4.69, 9.17) is 0 Å². The number of hydrogen-bond donors (Lipinski definition) is 1. The highest BCUT2D eigenvalue weighted by Gasteiger charge is 2.46. The molecule has 3 nitrogen and oxygen atoms in total. The minimum Gasteiger partial charge on any atom is -0.387 e.